The van der Waals surface area contributed by atoms with Gasteiger partial charge in [-0.3, -0.25) is 9.36 Å². The van der Waals surface area contributed by atoms with Crippen LogP contribution in [0.3, 0.4) is 0 Å². The first-order valence-corrected chi connectivity index (χ1v) is 11.2. The Bertz CT molecular complexity index is 1480. The van der Waals surface area contributed by atoms with Crippen LogP contribution in [0.25, 0.3) is 27.9 Å². The number of aromatic nitrogens is 3. The molecule has 7 heteroatoms. The molecular formula is C27H24FN5O. The highest BCUT2D eigenvalue weighted by Gasteiger charge is 2.25. The molecule has 0 saturated heterocycles. The summed E-state index contributed by atoms with van der Waals surface area (Å²) in [6.45, 7) is 1.97. The Labute approximate surface area is 196 Å². The second-order valence-corrected chi connectivity index (χ2v) is 8.36. The van der Waals surface area contributed by atoms with Crippen molar-refractivity contribution in [2.24, 2.45) is 0 Å². The predicted octanol–water partition coefficient (Wildman–Crippen LogP) is 5.05. The third-order valence-corrected chi connectivity index (χ3v) is 5.90. The summed E-state index contributed by atoms with van der Waals surface area (Å²) < 4.78 is 15.2. The van der Waals surface area contributed by atoms with Gasteiger partial charge in [-0.2, -0.15) is 0 Å². The van der Waals surface area contributed by atoms with Crippen LogP contribution >= 0.6 is 0 Å². The summed E-state index contributed by atoms with van der Waals surface area (Å²) in [6.07, 6.45) is 1.63. The molecule has 0 fully saturated rings. The molecule has 0 radical (unpaired) electrons. The molecule has 3 aromatic carbocycles. The van der Waals surface area contributed by atoms with Gasteiger partial charge in [-0.1, -0.05) is 42.5 Å². The lowest BCUT2D eigenvalue weighted by Gasteiger charge is -2.14. The van der Waals surface area contributed by atoms with E-state index in [-0.39, 0.29) is 29.1 Å². The maximum Gasteiger partial charge on any atom is 0.257 e. The number of nitrogens with two attached hydrogens (primary N) is 1. The number of nitrogens with one attached hydrogen (secondary N) is 1. The first kappa shape index (κ1) is 21.6. The molecule has 0 saturated carbocycles. The summed E-state index contributed by atoms with van der Waals surface area (Å²) >= 11 is 0. The van der Waals surface area contributed by atoms with Crippen LogP contribution in [0.4, 0.5) is 10.2 Å². The fourth-order valence-corrected chi connectivity index (χ4v) is 4.13. The monoisotopic (exact) mass is 453 g/mol. The molecule has 0 aliphatic rings. The van der Waals surface area contributed by atoms with Gasteiger partial charge in [0.05, 0.1) is 11.0 Å². The first-order valence-electron chi connectivity index (χ1n) is 11.2. The Hall–Kier alpha value is -4.26. The van der Waals surface area contributed by atoms with Gasteiger partial charge >= 0.3 is 0 Å². The van der Waals surface area contributed by atoms with Gasteiger partial charge in [0, 0.05) is 11.7 Å². The van der Waals surface area contributed by atoms with Crippen molar-refractivity contribution in [3.05, 3.63) is 95.8 Å². The number of nitrogens with zero attached hydrogens (tertiary/aromatic N) is 3. The van der Waals surface area contributed by atoms with Crippen LogP contribution in [0.5, 0.6) is 0 Å². The topological polar surface area (TPSA) is 85.8 Å². The molecule has 6 nitrogen and oxygen atoms in total. The minimum atomic E-state index is -0.361. The summed E-state index contributed by atoms with van der Waals surface area (Å²) in [6, 6.07) is 23.4. The Balaban J connectivity index is 1.54. The fourth-order valence-electron chi connectivity index (χ4n) is 4.13. The second kappa shape index (κ2) is 8.94. The van der Waals surface area contributed by atoms with E-state index >= 15 is 0 Å². The van der Waals surface area contributed by atoms with Crippen LogP contribution in [0, 0.1) is 5.82 Å². The first-order chi connectivity index (χ1) is 16.5. The lowest BCUT2D eigenvalue weighted by Crippen LogP contribution is -2.33. The zero-order chi connectivity index (χ0) is 23.7. The van der Waals surface area contributed by atoms with Crippen LogP contribution in [0.15, 0.2) is 78.9 Å². The number of hydrogen-bond acceptors (Lipinski definition) is 4. The molecule has 0 unspecified atom stereocenters. The third-order valence-electron chi connectivity index (χ3n) is 5.90. The Morgan fingerprint density at radius 3 is 2.32 bits per heavy atom. The number of hydrogen-bond donors (Lipinski definition) is 2. The van der Waals surface area contributed by atoms with Gasteiger partial charge in [0.15, 0.2) is 5.65 Å². The molecule has 1 atom stereocenters. The highest BCUT2D eigenvalue weighted by molar-refractivity contribution is 6.11. The molecule has 5 rings (SSSR count). The van der Waals surface area contributed by atoms with Gasteiger partial charge in [-0.05, 0) is 61.7 Å². The largest absolute Gasteiger partial charge is 0.384 e. The Kier molecular flexibility index (Phi) is 5.67. The lowest BCUT2D eigenvalue weighted by molar-refractivity contribution is 0.0941. The molecule has 0 bridgehead atoms. The number of benzene rings is 3. The van der Waals surface area contributed by atoms with Crippen molar-refractivity contribution in [3.63, 3.8) is 0 Å². The smallest absolute Gasteiger partial charge is 0.257 e. The zero-order valence-electron chi connectivity index (χ0n) is 18.7. The second-order valence-electron chi connectivity index (χ2n) is 8.36. The number of anilines is 1. The standard InChI is InChI=1S/C27H24FN5O/c1-17(11-12-18-7-3-2-4-8-18)30-27(34)23-24-26(32-22-10-6-5-9-21(22)31-24)33(25(23)29)20-15-13-19(28)14-16-20/h2-10,13-17H,11-12,29H2,1H3,(H,30,34)/t17-/m0/s1. The molecular weight excluding hydrogens is 429 g/mol. The number of amides is 1. The highest BCUT2D eigenvalue weighted by Crippen LogP contribution is 2.31. The number of halogens is 1. The normalized spacial score (nSPS) is 12.2. The van der Waals surface area contributed by atoms with E-state index in [2.05, 4.69) is 17.4 Å². The number of carbonyl (C=O) groups is 1. The van der Waals surface area contributed by atoms with Crippen LogP contribution in [0.2, 0.25) is 0 Å². The van der Waals surface area contributed by atoms with Crippen LogP contribution in [-0.2, 0) is 6.42 Å². The lowest BCUT2D eigenvalue weighted by atomic mass is 10.1. The zero-order valence-corrected chi connectivity index (χ0v) is 18.7. The van der Waals surface area contributed by atoms with E-state index in [0.29, 0.717) is 27.9 Å². The molecule has 170 valence electrons. The molecule has 1 amide bonds. The van der Waals surface area contributed by atoms with Crippen molar-refractivity contribution in [3.8, 4) is 5.69 Å². The molecule has 3 N–H and O–H groups in total. The van der Waals surface area contributed by atoms with E-state index < -0.39 is 0 Å². The van der Waals surface area contributed by atoms with Gasteiger partial charge < -0.3 is 11.1 Å². The SMILES string of the molecule is C[C@@H](CCc1ccccc1)NC(=O)c1c(N)n(-c2ccc(F)cc2)c2nc3ccccc3nc12. The van der Waals surface area contributed by atoms with Crippen molar-refractivity contribution in [2.75, 3.05) is 5.73 Å². The molecule has 2 heterocycles. The highest BCUT2D eigenvalue weighted by atomic mass is 19.1. The fraction of sp³-hybridized carbons (Fsp3) is 0.148. The molecule has 2 aromatic heterocycles. The average Bonchev–Trinajstić information content (AvgIpc) is 3.13. The summed E-state index contributed by atoms with van der Waals surface area (Å²) in [4.78, 5) is 22.9. The van der Waals surface area contributed by atoms with Gasteiger partial charge in [0.1, 0.15) is 22.7 Å². The summed E-state index contributed by atoms with van der Waals surface area (Å²) in [5.41, 5.74) is 10.8. The molecule has 0 spiro atoms. The van der Waals surface area contributed by atoms with Crippen LogP contribution in [0.1, 0.15) is 29.3 Å². The van der Waals surface area contributed by atoms with Crippen LogP contribution in [-0.4, -0.2) is 26.5 Å². The number of carbonyl (C=O) groups excluding carboxylic acids is 1. The van der Waals surface area contributed by atoms with Gasteiger partial charge in [0.2, 0.25) is 0 Å². The van der Waals surface area contributed by atoms with Gasteiger partial charge in [0.25, 0.3) is 5.91 Å². The quantitative estimate of drug-likeness (QED) is 0.377. The van der Waals surface area contributed by atoms with E-state index in [9.17, 15) is 9.18 Å². The molecule has 5 aromatic rings. The average molecular weight is 454 g/mol. The number of rotatable bonds is 6. The van der Waals surface area contributed by atoms with E-state index in [1.807, 2.05) is 49.4 Å². The number of nitrogen functional groups attached to an aromatic ring is 1. The maximum absolute atomic E-state index is 13.6. The van der Waals surface area contributed by atoms with Crippen molar-refractivity contribution < 1.29 is 9.18 Å². The Morgan fingerprint density at radius 2 is 1.62 bits per heavy atom. The maximum atomic E-state index is 13.6. The summed E-state index contributed by atoms with van der Waals surface area (Å²) in [5.74, 6) is -0.460. The van der Waals surface area contributed by atoms with Crippen molar-refractivity contribution in [1.82, 2.24) is 19.9 Å². The molecule has 34 heavy (non-hydrogen) atoms. The number of fused-ring (bicyclic) bond motifs is 2. The summed E-state index contributed by atoms with van der Waals surface area (Å²) in [7, 11) is 0. The third kappa shape index (κ3) is 4.08. The van der Waals surface area contributed by atoms with E-state index in [4.69, 9.17) is 15.7 Å². The minimum Gasteiger partial charge on any atom is -0.384 e. The summed E-state index contributed by atoms with van der Waals surface area (Å²) in [5, 5.41) is 3.06. The van der Waals surface area contributed by atoms with Crippen LogP contribution < -0.4 is 11.1 Å². The number of para-hydroxylation sites is 2. The Morgan fingerprint density at radius 1 is 0.971 bits per heavy atom. The molecule has 0 aliphatic heterocycles. The van der Waals surface area contributed by atoms with Crippen molar-refractivity contribution in [1.29, 1.82) is 0 Å². The van der Waals surface area contributed by atoms with E-state index in [0.717, 1.165) is 12.8 Å². The number of aryl methyl sites for hydroxylation is 1. The van der Waals surface area contributed by atoms with E-state index in [1.165, 1.54) is 17.7 Å². The van der Waals surface area contributed by atoms with Crippen molar-refractivity contribution >= 4 is 33.9 Å². The minimum absolute atomic E-state index is 0.0789. The predicted molar refractivity (Wildman–Crippen MR) is 132 cm³/mol. The van der Waals surface area contributed by atoms with Crippen molar-refractivity contribution in [2.45, 2.75) is 25.8 Å². The molecule has 0 aliphatic carbocycles. The van der Waals surface area contributed by atoms with E-state index in [1.54, 1.807) is 16.7 Å². The van der Waals surface area contributed by atoms with Gasteiger partial charge in [-0.25, -0.2) is 14.4 Å². The van der Waals surface area contributed by atoms with Gasteiger partial charge in [-0.15, -0.1) is 0 Å².